The molecule has 0 atom stereocenters. The number of hydrogen-bond acceptors (Lipinski definition) is 6. The van der Waals surface area contributed by atoms with Gasteiger partial charge < -0.3 is 10.3 Å². The van der Waals surface area contributed by atoms with E-state index in [-0.39, 0.29) is 5.82 Å². The number of benzene rings is 1. The Morgan fingerprint density at radius 1 is 1.00 bits per heavy atom. The lowest BCUT2D eigenvalue weighted by Crippen LogP contribution is -1.99. The van der Waals surface area contributed by atoms with Gasteiger partial charge in [-0.25, -0.2) is 9.37 Å². The molecular formula is C29H25FN8. The second-order valence-corrected chi connectivity index (χ2v) is 9.16. The van der Waals surface area contributed by atoms with Crippen LogP contribution in [0.4, 0.5) is 10.1 Å². The van der Waals surface area contributed by atoms with Crippen molar-refractivity contribution in [2.24, 2.45) is 0 Å². The summed E-state index contributed by atoms with van der Waals surface area (Å²) in [4.78, 5) is 21.5. The van der Waals surface area contributed by atoms with Crippen LogP contribution in [0.15, 0.2) is 79.7 Å². The molecule has 3 N–H and O–H groups in total. The van der Waals surface area contributed by atoms with Crippen LogP contribution in [0.5, 0.6) is 0 Å². The molecule has 0 aliphatic carbocycles. The van der Waals surface area contributed by atoms with Crippen LogP contribution in [0.25, 0.3) is 55.8 Å². The van der Waals surface area contributed by atoms with Gasteiger partial charge in [0.25, 0.3) is 0 Å². The Balaban J connectivity index is 1.37. The molecule has 1 aromatic carbocycles. The number of aromatic amines is 2. The quantitative estimate of drug-likeness (QED) is 0.208. The highest BCUT2D eigenvalue weighted by atomic mass is 19.1. The Kier molecular flexibility index (Phi) is 6.09. The monoisotopic (exact) mass is 504 g/mol. The van der Waals surface area contributed by atoms with Crippen LogP contribution < -0.4 is 5.32 Å². The molecule has 0 fully saturated rings. The first kappa shape index (κ1) is 23.5. The van der Waals surface area contributed by atoms with Crippen molar-refractivity contribution in [3.63, 3.8) is 0 Å². The van der Waals surface area contributed by atoms with Gasteiger partial charge in [-0.1, -0.05) is 32.1 Å². The van der Waals surface area contributed by atoms with Crippen molar-refractivity contribution in [1.82, 2.24) is 35.1 Å². The number of nitrogens with one attached hydrogen (secondary N) is 3. The number of unbranched alkanes of at least 4 members (excludes halogenated alkanes) is 1. The minimum Gasteiger partial charge on any atom is -0.358 e. The molecule has 188 valence electrons. The van der Waals surface area contributed by atoms with E-state index in [4.69, 9.17) is 4.98 Å². The second kappa shape index (κ2) is 9.85. The third-order valence-electron chi connectivity index (χ3n) is 6.39. The maximum absolute atomic E-state index is 13.9. The Morgan fingerprint density at radius 2 is 1.89 bits per heavy atom. The van der Waals surface area contributed by atoms with Gasteiger partial charge in [-0.05, 0) is 42.7 Å². The minimum atomic E-state index is -0.312. The van der Waals surface area contributed by atoms with E-state index in [1.807, 2.05) is 18.2 Å². The van der Waals surface area contributed by atoms with Gasteiger partial charge in [0.1, 0.15) is 11.5 Å². The zero-order valence-corrected chi connectivity index (χ0v) is 20.8. The molecule has 0 aliphatic heterocycles. The fourth-order valence-electron chi connectivity index (χ4n) is 4.47. The van der Waals surface area contributed by atoms with Crippen molar-refractivity contribution >= 4 is 27.6 Å². The Morgan fingerprint density at radius 3 is 2.76 bits per heavy atom. The van der Waals surface area contributed by atoms with Crippen LogP contribution in [0.2, 0.25) is 0 Å². The molecule has 38 heavy (non-hydrogen) atoms. The molecule has 5 aromatic heterocycles. The summed E-state index contributed by atoms with van der Waals surface area (Å²) >= 11 is 0. The number of pyridine rings is 3. The Labute approximate surface area is 218 Å². The fraction of sp³-hybridized carbons (Fsp3) is 0.138. The summed E-state index contributed by atoms with van der Waals surface area (Å²) in [6.45, 7) is 6.28. The SMILES string of the molecule is C=C(CCCC)Nc1cncc(-c2cc3c(-c4nc5c(-c6cccc(F)c6)cncc5[nH]4)n[nH]c3cn2)c1. The average Bonchev–Trinajstić information content (AvgIpc) is 3.55. The number of halogens is 1. The van der Waals surface area contributed by atoms with Crippen LogP contribution in [0.3, 0.4) is 0 Å². The number of nitrogens with zero attached hydrogens (tertiary/aromatic N) is 5. The van der Waals surface area contributed by atoms with Crippen molar-refractivity contribution in [3.8, 4) is 33.9 Å². The normalized spacial score (nSPS) is 11.3. The van der Waals surface area contributed by atoms with Gasteiger partial charge in [0.15, 0.2) is 5.82 Å². The molecule has 0 saturated heterocycles. The number of allylic oxidation sites excluding steroid dienone is 1. The number of imidazole rings is 1. The predicted octanol–water partition coefficient (Wildman–Crippen LogP) is 6.88. The largest absolute Gasteiger partial charge is 0.358 e. The molecule has 6 aromatic rings. The van der Waals surface area contributed by atoms with E-state index in [1.165, 1.54) is 12.1 Å². The molecule has 0 radical (unpaired) electrons. The van der Waals surface area contributed by atoms with Gasteiger partial charge in [0.05, 0.1) is 46.5 Å². The van der Waals surface area contributed by atoms with Crippen molar-refractivity contribution in [1.29, 1.82) is 0 Å². The summed E-state index contributed by atoms with van der Waals surface area (Å²) in [6.07, 6.45) is 11.8. The van der Waals surface area contributed by atoms with E-state index in [9.17, 15) is 4.39 Å². The van der Waals surface area contributed by atoms with Crippen molar-refractivity contribution < 1.29 is 4.39 Å². The van der Waals surface area contributed by atoms with Gasteiger partial charge in [-0.15, -0.1) is 0 Å². The molecule has 9 heteroatoms. The molecule has 0 bridgehead atoms. The standard InChI is InChI=1S/C29H25FN8/c1-3-4-6-17(2)34-21-10-19(12-31-13-21)24-11-22-25(16-33-24)37-38-28(22)29-35-26-15-32-14-23(27(26)36-29)18-7-5-8-20(30)9-18/h5,7-16,34H,2-4,6H2,1H3,(H,35,36)(H,37,38). The smallest absolute Gasteiger partial charge is 0.159 e. The number of hydrogen-bond donors (Lipinski definition) is 3. The number of anilines is 1. The minimum absolute atomic E-state index is 0.312. The molecule has 5 heterocycles. The lowest BCUT2D eigenvalue weighted by Gasteiger charge is -2.10. The topological polar surface area (TPSA) is 108 Å². The summed E-state index contributed by atoms with van der Waals surface area (Å²) < 4.78 is 13.9. The highest BCUT2D eigenvalue weighted by Gasteiger charge is 2.17. The molecular weight excluding hydrogens is 479 g/mol. The molecule has 0 unspecified atom stereocenters. The van der Waals surface area contributed by atoms with Gasteiger partial charge >= 0.3 is 0 Å². The fourth-order valence-corrected chi connectivity index (χ4v) is 4.47. The van der Waals surface area contributed by atoms with E-state index in [2.05, 4.69) is 49.0 Å². The maximum Gasteiger partial charge on any atom is 0.159 e. The van der Waals surface area contributed by atoms with E-state index in [1.54, 1.807) is 37.1 Å². The van der Waals surface area contributed by atoms with Crippen molar-refractivity contribution in [2.45, 2.75) is 26.2 Å². The van der Waals surface area contributed by atoms with E-state index in [0.29, 0.717) is 22.6 Å². The summed E-state index contributed by atoms with van der Waals surface area (Å²) in [5.41, 5.74) is 7.76. The van der Waals surface area contributed by atoms with Gasteiger partial charge in [-0.3, -0.25) is 20.1 Å². The first-order chi connectivity index (χ1) is 18.6. The summed E-state index contributed by atoms with van der Waals surface area (Å²) in [7, 11) is 0. The van der Waals surface area contributed by atoms with Gasteiger partial charge in [0.2, 0.25) is 0 Å². The molecule has 0 aliphatic rings. The van der Waals surface area contributed by atoms with Crippen LogP contribution >= 0.6 is 0 Å². The third-order valence-corrected chi connectivity index (χ3v) is 6.39. The highest BCUT2D eigenvalue weighted by molar-refractivity contribution is 5.97. The Hall–Kier alpha value is -4.92. The summed E-state index contributed by atoms with van der Waals surface area (Å²) in [5.74, 6) is 0.266. The Bertz CT molecular complexity index is 1780. The van der Waals surface area contributed by atoms with Crippen LogP contribution in [0.1, 0.15) is 26.2 Å². The highest BCUT2D eigenvalue weighted by Crippen LogP contribution is 2.32. The first-order valence-corrected chi connectivity index (χ1v) is 12.4. The molecule has 0 spiro atoms. The van der Waals surface area contributed by atoms with Crippen LogP contribution in [-0.2, 0) is 0 Å². The number of fused-ring (bicyclic) bond motifs is 2. The number of H-pyrrole nitrogens is 2. The first-order valence-electron chi connectivity index (χ1n) is 12.4. The molecule has 8 nitrogen and oxygen atoms in total. The maximum atomic E-state index is 13.9. The van der Waals surface area contributed by atoms with Gasteiger partial charge in [-0.2, -0.15) is 5.10 Å². The zero-order chi connectivity index (χ0) is 26.1. The molecule has 0 amide bonds. The molecule has 0 saturated carbocycles. The average molecular weight is 505 g/mol. The number of rotatable bonds is 8. The summed E-state index contributed by atoms with van der Waals surface area (Å²) in [5, 5.41) is 11.8. The van der Waals surface area contributed by atoms with E-state index in [0.717, 1.165) is 63.9 Å². The van der Waals surface area contributed by atoms with Gasteiger partial charge in [0, 0.05) is 34.6 Å². The lowest BCUT2D eigenvalue weighted by molar-refractivity contribution is 0.628. The van der Waals surface area contributed by atoms with E-state index >= 15 is 0 Å². The lowest BCUT2D eigenvalue weighted by atomic mass is 10.1. The summed E-state index contributed by atoms with van der Waals surface area (Å²) in [6, 6.07) is 10.4. The van der Waals surface area contributed by atoms with Crippen molar-refractivity contribution in [3.05, 3.63) is 85.5 Å². The predicted molar refractivity (Wildman–Crippen MR) is 148 cm³/mol. The van der Waals surface area contributed by atoms with Crippen LogP contribution in [-0.4, -0.2) is 35.1 Å². The van der Waals surface area contributed by atoms with E-state index < -0.39 is 0 Å². The van der Waals surface area contributed by atoms with Crippen molar-refractivity contribution in [2.75, 3.05) is 5.32 Å². The number of aromatic nitrogens is 7. The third kappa shape index (κ3) is 4.50. The zero-order valence-electron chi connectivity index (χ0n) is 20.8. The molecule has 6 rings (SSSR count). The second-order valence-electron chi connectivity index (χ2n) is 9.16. The van der Waals surface area contributed by atoms with Crippen LogP contribution in [0, 0.1) is 5.82 Å².